The molecule has 1 unspecified atom stereocenters. The molecule has 1 atom stereocenters. The van der Waals surface area contributed by atoms with Crippen LogP contribution in [0, 0.1) is 5.92 Å². The van der Waals surface area contributed by atoms with Gasteiger partial charge in [0.15, 0.2) is 5.58 Å². The molecule has 1 saturated heterocycles. The molecule has 0 N–H and O–H groups in total. The zero-order chi connectivity index (χ0) is 20.2. The number of hydrogen-bond acceptors (Lipinski definition) is 6. The molecule has 2 aromatic heterocycles. The van der Waals surface area contributed by atoms with Gasteiger partial charge in [-0.1, -0.05) is 18.2 Å². The summed E-state index contributed by atoms with van der Waals surface area (Å²) in [4.78, 5) is 39.3. The number of amides is 1. The Morgan fingerprint density at radius 1 is 1.21 bits per heavy atom. The zero-order valence-corrected chi connectivity index (χ0v) is 16.7. The average molecular weight is 414 g/mol. The third-order valence-electron chi connectivity index (χ3n) is 5.12. The van der Waals surface area contributed by atoms with Crippen molar-refractivity contribution >= 4 is 34.3 Å². The molecule has 1 aliphatic rings. The number of ether oxygens (including phenoxy) is 1. The molecule has 3 aromatic rings. The Balaban J connectivity index is 1.28. The summed E-state index contributed by atoms with van der Waals surface area (Å²) >= 11 is 1.41. The minimum absolute atomic E-state index is 0.0243. The number of aryl methyl sites for hydroxylation is 1. The number of piperidine rings is 1. The standard InChI is InChI=1S/C21H22N2O5S/c24-19(18-9-4-13-29-18)22-10-3-6-15(14-22)20(25)27-12-5-11-23-16-7-1-2-8-17(16)28-21(23)26/h1-2,4,7-9,13,15H,3,5-6,10-12,14H2. The van der Waals surface area contributed by atoms with Crippen molar-refractivity contribution in [1.82, 2.24) is 9.47 Å². The zero-order valence-electron chi connectivity index (χ0n) is 15.9. The summed E-state index contributed by atoms with van der Waals surface area (Å²) in [5.74, 6) is -1.01. The van der Waals surface area contributed by atoms with E-state index in [2.05, 4.69) is 0 Å². The molecule has 1 fully saturated rings. The molecule has 1 aromatic carbocycles. The maximum Gasteiger partial charge on any atom is 0.419 e. The van der Waals surface area contributed by atoms with Crippen LogP contribution >= 0.6 is 11.3 Å². The lowest BCUT2D eigenvalue weighted by Gasteiger charge is -2.31. The highest BCUT2D eigenvalue weighted by atomic mass is 32.1. The Bertz CT molecular complexity index is 1050. The Morgan fingerprint density at radius 3 is 2.90 bits per heavy atom. The summed E-state index contributed by atoms with van der Waals surface area (Å²) < 4.78 is 12.2. The highest BCUT2D eigenvalue weighted by molar-refractivity contribution is 7.12. The number of carbonyl (C=O) groups excluding carboxylic acids is 2. The van der Waals surface area contributed by atoms with Gasteiger partial charge in [-0.2, -0.15) is 0 Å². The largest absolute Gasteiger partial charge is 0.465 e. The van der Waals surface area contributed by atoms with Gasteiger partial charge in [0, 0.05) is 19.6 Å². The summed E-state index contributed by atoms with van der Waals surface area (Å²) in [6.07, 6.45) is 2.02. The molecule has 0 saturated carbocycles. The number of hydrogen-bond donors (Lipinski definition) is 0. The van der Waals surface area contributed by atoms with Gasteiger partial charge < -0.3 is 14.1 Å². The second-order valence-electron chi connectivity index (χ2n) is 7.08. The molecule has 1 aliphatic heterocycles. The van der Waals surface area contributed by atoms with Gasteiger partial charge in [-0.25, -0.2) is 4.79 Å². The van der Waals surface area contributed by atoms with Crippen molar-refractivity contribution in [2.45, 2.75) is 25.8 Å². The number of fused-ring (bicyclic) bond motifs is 1. The lowest BCUT2D eigenvalue weighted by molar-refractivity contribution is -0.150. The number of nitrogens with zero attached hydrogens (tertiary/aromatic N) is 2. The Kier molecular flexibility index (Phi) is 5.80. The fourth-order valence-electron chi connectivity index (χ4n) is 3.65. The predicted molar refractivity (Wildman–Crippen MR) is 109 cm³/mol. The summed E-state index contributed by atoms with van der Waals surface area (Å²) in [7, 11) is 0. The van der Waals surface area contributed by atoms with E-state index < -0.39 is 5.76 Å². The van der Waals surface area contributed by atoms with Gasteiger partial charge in [-0.3, -0.25) is 14.2 Å². The van der Waals surface area contributed by atoms with Crippen LogP contribution in [0.2, 0.25) is 0 Å². The molecular formula is C21H22N2O5S. The highest BCUT2D eigenvalue weighted by Gasteiger charge is 2.30. The van der Waals surface area contributed by atoms with Gasteiger partial charge in [0.2, 0.25) is 0 Å². The van der Waals surface area contributed by atoms with Crippen molar-refractivity contribution in [2.75, 3.05) is 19.7 Å². The molecule has 29 heavy (non-hydrogen) atoms. The second-order valence-corrected chi connectivity index (χ2v) is 8.02. The minimum Gasteiger partial charge on any atom is -0.465 e. The first-order chi connectivity index (χ1) is 14.1. The van der Waals surface area contributed by atoms with Crippen LogP contribution in [0.15, 0.2) is 51.0 Å². The Morgan fingerprint density at radius 2 is 2.07 bits per heavy atom. The SMILES string of the molecule is O=C(OCCCn1c(=O)oc2ccccc21)C1CCCN(C(=O)c2cccs2)C1. The molecule has 152 valence electrons. The summed E-state index contributed by atoms with van der Waals surface area (Å²) in [5, 5.41) is 1.87. The normalized spacial score (nSPS) is 16.8. The van der Waals surface area contributed by atoms with E-state index in [0.29, 0.717) is 36.5 Å². The van der Waals surface area contributed by atoms with Crippen molar-refractivity contribution < 1.29 is 18.7 Å². The summed E-state index contributed by atoms with van der Waals surface area (Å²) in [6, 6.07) is 10.9. The predicted octanol–water partition coefficient (Wildman–Crippen LogP) is 3.14. The van der Waals surface area contributed by atoms with E-state index in [1.165, 1.54) is 11.3 Å². The first-order valence-corrected chi connectivity index (χ1v) is 10.6. The van der Waals surface area contributed by atoms with Crippen LogP contribution in [0.3, 0.4) is 0 Å². The third-order valence-corrected chi connectivity index (χ3v) is 5.98. The molecule has 3 heterocycles. The van der Waals surface area contributed by atoms with E-state index in [1.54, 1.807) is 21.6 Å². The fourth-order valence-corrected chi connectivity index (χ4v) is 4.34. The Hall–Kier alpha value is -2.87. The third kappa shape index (κ3) is 4.27. The van der Waals surface area contributed by atoms with Crippen LogP contribution in [-0.4, -0.2) is 41.0 Å². The smallest absolute Gasteiger partial charge is 0.419 e. The maximum absolute atomic E-state index is 12.5. The van der Waals surface area contributed by atoms with Crippen molar-refractivity contribution in [3.8, 4) is 0 Å². The van der Waals surface area contributed by atoms with Gasteiger partial charge in [-0.05, 0) is 42.8 Å². The molecule has 4 rings (SSSR count). The lowest BCUT2D eigenvalue weighted by atomic mass is 9.98. The number of oxazole rings is 1. The number of likely N-dealkylation sites (tertiary alicyclic amines) is 1. The lowest BCUT2D eigenvalue weighted by Crippen LogP contribution is -2.42. The minimum atomic E-state index is -0.410. The van der Waals surface area contributed by atoms with E-state index in [-0.39, 0.29) is 24.4 Å². The van der Waals surface area contributed by atoms with Gasteiger partial charge in [0.25, 0.3) is 5.91 Å². The number of para-hydroxylation sites is 2. The molecule has 0 aliphatic carbocycles. The topological polar surface area (TPSA) is 81.8 Å². The number of rotatable bonds is 6. The van der Waals surface area contributed by atoms with Crippen molar-refractivity contribution in [3.63, 3.8) is 0 Å². The average Bonchev–Trinajstić information content (AvgIpc) is 3.38. The molecular weight excluding hydrogens is 392 g/mol. The van der Waals surface area contributed by atoms with Gasteiger partial charge in [0.1, 0.15) is 0 Å². The monoisotopic (exact) mass is 414 g/mol. The van der Waals surface area contributed by atoms with Crippen LogP contribution < -0.4 is 5.76 Å². The van der Waals surface area contributed by atoms with E-state index in [1.807, 2.05) is 29.6 Å². The van der Waals surface area contributed by atoms with Crippen LogP contribution in [0.1, 0.15) is 28.9 Å². The maximum atomic E-state index is 12.5. The van der Waals surface area contributed by atoms with Gasteiger partial charge in [-0.15, -0.1) is 11.3 Å². The second kappa shape index (κ2) is 8.65. The molecule has 1 amide bonds. The highest BCUT2D eigenvalue weighted by Crippen LogP contribution is 2.21. The molecule has 7 nitrogen and oxygen atoms in total. The van der Waals surface area contributed by atoms with Crippen LogP contribution in [0.4, 0.5) is 0 Å². The van der Waals surface area contributed by atoms with Gasteiger partial charge >= 0.3 is 11.7 Å². The first kappa shape index (κ1) is 19.4. The van der Waals surface area contributed by atoms with E-state index in [9.17, 15) is 14.4 Å². The molecule has 0 spiro atoms. The summed E-state index contributed by atoms with van der Waals surface area (Å²) in [5.41, 5.74) is 1.28. The number of esters is 1. The quantitative estimate of drug-likeness (QED) is 0.457. The number of aromatic nitrogens is 1. The fraction of sp³-hybridized carbons (Fsp3) is 0.381. The van der Waals surface area contributed by atoms with E-state index in [0.717, 1.165) is 18.4 Å². The van der Waals surface area contributed by atoms with Crippen LogP contribution in [0.25, 0.3) is 11.1 Å². The van der Waals surface area contributed by atoms with Crippen molar-refractivity contribution in [2.24, 2.45) is 5.92 Å². The van der Waals surface area contributed by atoms with E-state index >= 15 is 0 Å². The number of benzene rings is 1. The van der Waals surface area contributed by atoms with Crippen molar-refractivity contribution in [3.05, 3.63) is 57.2 Å². The van der Waals surface area contributed by atoms with Crippen LogP contribution in [-0.2, 0) is 16.1 Å². The number of thiophene rings is 1. The molecule has 0 radical (unpaired) electrons. The molecule has 0 bridgehead atoms. The molecule has 8 heteroatoms. The van der Waals surface area contributed by atoms with E-state index in [4.69, 9.17) is 9.15 Å². The van der Waals surface area contributed by atoms with Crippen LogP contribution in [0.5, 0.6) is 0 Å². The number of carbonyl (C=O) groups is 2. The Labute approximate surface area is 171 Å². The first-order valence-electron chi connectivity index (χ1n) is 9.71. The summed E-state index contributed by atoms with van der Waals surface area (Å²) in [6.45, 7) is 1.69. The van der Waals surface area contributed by atoms with Gasteiger partial charge in [0.05, 0.1) is 22.9 Å². The van der Waals surface area contributed by atoms with Crippen molar-refractivity contribution in [1.29, 1.82) is 0 Å².